The Bertz CT molecular complexity index is 3290. The number of fused-ring (bicyclic) bond motifs is 3. The molecule has 0 N–H and O–H groups in total. The van der Waals surface area contributed by atoms with E-state index in [0.717, 1.165) is 22.7 Å². The zero-order valence-electron chi connectivity index (χ0n) is 34.1. The summed E-state index contributed by atoms with van der Waals surface area (Å²) in [6.45, 7) is 0. The van der Waals surface area contributed by atoms with Gasteiger partial charge < -0.3 is 9.47 Å². The molecule has 11 aromatic rings. The van der Waals surface area contributed by atoms with Crippen molar-refractivity contribution >= 4 is 38.9 Å². The predicted octanol–water partition coefficient (Wildman–Crippen LogP) is 16.6. The van der Waals surface area contributed by atoms with Crippen molar-refractivity contribution in [2.45, 2.75) is 0 Å². The Morgan fingerprint density at radius 2 is 0.677 bits per heavy atom. The minimum atomic E-state index is 1.10. The minimum absolute atomic E-state index is 1.10. The zero-order valence-corrected chi connectivity index (χ0v) is 34.1. The standard InChI is InChI=1S/C60H42N2/c1-4-15-43(16-5-1)45-27-29-47(30-28-45)49-19-14-22-54(41-49)61(51-20-8-3-9-21-51)52-38-33-48(34-39-52)55-23-10-11-24-56(55)50-35-40-60-58(42-50)57-25-12-13-26-59(57)62(60)53-36-31-46(32-37-53)44-17-6-2-7-18-44/h1-42H. The van der Waals surface area contributed by atoms with Crippen LogP contribution in [0.2, 0.25) is 0 Å². The van der Waals surface area contributed by atoms with Crippen LogP contribution in [0.4, 0.5) is 17.1 Å². The summed E-state index contributed by atoms with van der Waals surface area (Å²) in [6.07, 6.45) is 0. The highest BCUT2D eigenvalue weighted by Crippen LogP contribution is 2.41. The molecule has 1 heterocycles. The lowest BCUT2D eigenvalue weighted by molar-refractivity contribution is 1.18. The molecule has 0 radical (unpaired) electrons. The Kier molecular flexibility index (Phi) is 9.57. The van der Waals surface area contributed by atoms with Crippen molar-refractivity contribution < 1.29 is 0 Å². The van der Waals surface area contributed by atoms with E-state index in [0.29, 0.717) is 0 Å². The third-order valence-electron chi connectivity index (χ3n) is 12.0. The molecule has 0 atom stereocenters. The molecule has 11 rings (SSSR count). The fourth-order valence-electron chi connectivity index (χ4n) is 8.96. The normalized spacial score (nSPS) is 11.2. The lowest BCUT2D eigenvalue weighted by Gasteiger charge is -2.26. The van der Waals surface area contributed by atoms with Gasteiger partial charge in [0.25, 0.3) is 0 Å². The molecule has 0 aliphatic rings. The van der Waals surface area contributed by atoms with E-state index in [2.05, 4.69) is 264 Å². The number of benzene rings is 10. The summed E-state index contributed by atoms with van der Waals surface area (Å²) >= 11 is 0. The molecule has 0 fully saturated rings. The summed E-state index contributed by atoms with van der Waals surface area (Å²) in [5.74, 6) is 0. The van der Waals surface area contributed by atoms with E-state index in [1.165, 1.54) is 77.4 Å². The van der Waals surface area contributed by atoms with Gasteiger partial charge in [-0.05, 0) is 122 Å². The number of rotatable bonds is 9. The van der Waals surface area contributed by atoms with Gasteiger partial charge in [-0.1, -0.05) is 188 Å². The third kappa shape index (κ3) is 6.94. The van der Waals surface area contributed by atoms with Crippen LogP contribution in [0.3, 0.4) is 0 Å². The molecule has 0 bridgehead atoms. The fourth-order valence-corrected chi connectivity index (χ4v) is 8.96. The van der Waals surface area contributed by atoms with Crippen LogP contribution in [0.5, 0.6) is 0 Å². The Balaban J connectivity index is 0.933. The van der Waals surface area contributed by atoms with Gasteiger partial charge >= 0.3 is 0 Å². The monoisotopic (exact) mass is 790 g/mol. The van der Waals surface area contributed by atoms with Crippen LogP contribution < -0.4 is 4.90 Å². The Morgan fingerprint density at radius 3 is 1.34 bits per heavy atom. The van der Waals surface area contributed by atoms with Gasteiger partial charge in [0.2, 0.25) is 0 Å². The van der Waals surface area contributed by atoms with Crippen LogP contribution >= 0.6 is 0 Å². The molecule has 0 spiro atoms. The van der Waals surface area contributed by atoms with E-state index in [1.807, 2.05) is 0 Å². The summed E-state index contributed by atoms with van der Waals surface area (Å²) in [7, 11) is 0. The van der Waals surface area contributed by atoms with Crippen LogP contribution in [-0.2, 0) is 0 Å². The maximum Gasteiger partial charge on any atom is 0.0541 e. The summed E-state index contributed by atoms with van der Waals surface area (Å²) in [5, 5.41) is 2.48. The summed E-state index contributed by atoms with van der Waals surface area (Å²) in [5.41, 5.74) is 18.9. The van der Waals surface area contributed by atoms with Crippen LogP contribution in [0.1, 0.15) is 0 Å². The van der Waals surface area contributed by atoms with Crippen molar-refractivity contribution in [1.29, 1.82) is 0 Å². The number of nitrogens with zero attached hydrogens (tertiary/aromatic N) is 2. The van der Waals surface area contributed by atoms with Crippen LogP contribution in [-0.4, -0.2) is 4.57 Å². The van der Waals surface area contributed by atoms with Crippen molar-refractivity contribution in [3.05, 3.63) is 255 Å². The van der Waals surface area contributed by atoms with Crippen LogP contribution in [0.25, 0.3) is 83.1 Å². The quantitative estimate of drug-likeness (QED) is 0.141. The number of hydrogen-bond acceptors (Lipinski definition) is 1. The molecule has 0 amide bonds. The van der Waals surface area contributed by atoms with Gasteiger partial charge in [-0.25, -0.2) is 0 Å². The predicted molar refractivity (Wildman–Crippen MR) is 263 cm³/mol. The van der Waals surface area contributed by atoms with E-state index in [-0.39, 0.29) is 0 Å². The molecule has 292 valence electrons. The van der Waals surface area contributed by atoms with E-state index >= 15 is 0 Å². The molecule has 10 aromatic carbocycles. The molecule has 0 saturated heterocycles. The van der Waals surface area contributed by atoms with Crippen molar-refractivity contribution in [1.82, 2.24) is 4.57 Å². The molecule has 2 nitrogen and oxygen atoms in total. The molecule has 0 unspecified atom stereocenters. The molecule has 0 saturated carbocycles. The molecular weight excluding hydrogens is 749 g/mol. The second kappa shape index (κ2) is 16.1. The van der Waals surface area contributed by atoms with Crippen molar-refractivity contribution in [3.8, 4) is 61.3 Å². The van der Waals surface area contributed by atoms with E-state index in [9.17, 15) is 0 Å². The smallest absolute Gasteiger partial charge is 0.0541 e. The molecule has 0 aliphatic carbocycles. The summed E-state index contributed by atoms with van der Waals surface area (Å²) in [4.78, 5) is 2.34. The van der Waals surface area contributed by atoms with E-state index in [4.69, 9.17) is 0 Å². The summed E-state index contributed by atoms with van der Waals surface area (Å²) in [6, 6.07) is 91.9. The van der Waals surface area contributed by atoms with Gasteiger partial charge in [-0.3, -0.25) is 0 Å². The number of para-hydroxylation sites is 2. The minimum Gasteiger partial charge on any atom is -0.310 e. The number of anilines is 3. The Morgan fingerprint density at radius 1 is 0.242 bits per heavy atom. The van der Waals surface area contributed by atoms with Gasteiger partial charge in [-0.15, -0.1) is 0 Å². The van der Waals surface area contributed by atoms with Gasteiger partial charge in [0, 0.05) is 33.5 Å². The fraction of sp³-hybridized carbons (Fsp3) is 0. The van der Waals surface area contributed by atoms with Crippen molar-refractivity contribution in [2.75, 3.05) is 4.90 Å². The van der Waals surface area contributed by atoms with Crippen LogP contribution in [0.15, 0.2) is 255 Å². The van der Waals surface area contributed by atoms with E-state index in [1.54, 1.807) is 0 Å². The maximum atomic E-state index is 2.39. The lowest BCUT2D eigenvalue weighted by atomic mass is 9.93. The summed E-state index contributed by atoms with van der Waals surface area (Å²) < 4.78 is 2.39. The second-order valence-electron chi connectivity index (χ2n) is 15.8. The molecule has 1 aromatic heterocycles. The van der Waals surface area contributed by atoms with E-state index < -0.39 is 0 Å². The highest BCUT2D eigenvalue weighted by molar-refractivity contribution is 6.11. The van der Waals surface area contributed by atoms with Gasteiger partial charge in [0.05, 0.1) is 11.0 Å². The number of hydrogen-bond donors (Lipinski definition) is 0. The topological polar surface area (TPSA) is 8.17 Å². The average molecular weight is 791 g/mol. The SMILES string of the molecule is c1ccc(-c2ccc(-c3cccc(N(c4ccccc4)c4ccc(-c5ccccc5-c5ccc6c(c5)c5ccccc5n6-c5ccc(-c6ccccc6)cc5)cc4)c3)cc2)cc1. The first-order chi connectivity index (χ1) is 30.7. The van der Waals surface area contributed by atoms with Gasteiger partial charge in [0.15, 0.2) is 0 Å². The zero-order chi connectivity index (χ0) is 41.2. The highest BCUT2D eigenvalue weighted by atomic mass is 15.1. The number of aromatic nitrogens is 1. The first-order valence-electron chi connectivity index (χ1n) is 21.3. The van der Waals surface area contributed by atoms with Crippen molar-refractivity contribution in [2.24, 2.45) is 0 Å². The lowest BCUT2D eigenvalue weighted by Crippen LogP contribution is -2.09. The maximum absolute atomic E-state index is 2.39. The average Bonchev–Trinajstić information content (AvgIpc) is 3.69. The molecule has 2 heteroatoms. The van der Waals surface area contributed by atoms with Crippen LogP contribution in [0, 0.1) is 0 Å². The highest BCUT2D eigenvalue weighted by Gasteiger charge is 2.17. The van der Waals surface area contributed by atoms with Crippen molar-refractivity contribution in [3.63, 3.8) is 0 Å². The third-order valence-corrected chi connectivity index (χ3v) is 12.0. The largest absolute Gasteiger partial charge is 0.310 e. The van der Waals surface area contributed by atoms with Gasteiger partial charge in [-0.2, -0.15) is 0 Å². The first kappa shape index (κ1) is 36.8. The molecular formula is C60H42N2. The van der Waals surface area contributed by atoms with Gasteiger partial charge in [0.1, 0.15) is 0 Å². The Hall–Kier alpha value is -8.20. The molecule has 62 heavy (non-hydrogen) atoms. The Labute approximate surface area is 362 Å². The first-order valence-corrected chi connectivity index (χ1v) is 21.3. The molecule has 0 aliphatic heterocycles. The second-order valence-corrected chi connectivity index (χ2v) is 15.8.